The molecule has 2 atom stereocenters. The van der Waals surface area contributed by atoms with Crippen LogP contribution in [0.25, 0.3) is 11.0 Å². The first-order valence-corrected chi connectivity index (χ1v) is 12.5. The Morgan fingerprint density at radius 2 is 2.00 bits per heavy atom. The van der Waals surface area contributed by atoms with Crippen LogP contribution in [0.3, 0.4) is 0 Å². The minimum Gasteiger partial charge on any atom is -0.389 e. The van der Waals surface area contributed by atoms with Gasteiger partial charge in [-0.15, -0.1) is 0 Å². The Hall–Kier alpha value is -2.44. The van der Waals surface area contributed by atoms with Crippen LogP contribution >= 0.6 is 0 Å². The van der Waals surface area contributed by atoms with Gasteiger partial charge in [0.05, 0.1) is 30.5 Å². The molecule has 1 saturated carbocycles. The molecule has 1 amide bonds. The second-order valence-corrected chi connectivity index (χ2v) is 10.2. The van der Waals surface area contributed by atoms with Gasteiger partial charge in [-0.05, 0) is 51.0 Å². The second-order valence-electron chi connectivity index (χ2n) is 10.2. The minimum absolute atomic E-state index is 0.0287. The number of aliphatic hydroxyl groups excluding tert-OH is 1. The van der Waals surface area contributed by atoms with E-state index in [1.165, 1.54) is 6.33 Å². The fourth-order valence-electron chi connectivity index (χ4n) is 5.59. The van der Waals surface area contributed by atoms with Crippen LogP contribution in [0, 0.1) is 11.8 Å². The molecule has 0 bridgehead atoms. The number of nitrogens with two attached hydrogens (primary N) is 1. The molecule has 2 aromatic rings. The number of hydrogen-bond donors (Lipinski definition) is 3. The van der Waals surface area contributed by atoms with Crippen molar-refractivity contribution in [1.29, 1.82) is 0 Å². The zero-order valence-corrected chi connectivity index (χ0v) is 20.5. The first-order valence-electron chi connectivity index (χ1n) is 12.5. The van der Waals surface area contributed by atoms with Crippen LogP contribution in [0.4, 0.5) is 19.0 Å². The number of fused-ring (bicyclic) bond motifs is 1. The largest absolute Gasteiger partial charge is 0.391 e. The highest BCUT2D eigenvalue weighted by Crippen LogP contribution is 2.40. The van der Waals surface area contributed by atoms with Crippen molar-refractivity contribution in [3.05, 3.63) is 18.6 Å². The fourth-order valence-corrected chi connectivity index (χ4v) is 5.59. The molecule has 4 rings (SSSR count). The lowest BCUT2D eigenvalue weighted by Gasteiger charge is -2.42. The molecule has 36 heavy (non-hydrogen) atoms. The van der Waals surface area contributed by atoms with Crippen molar-refractivity contribution in [1.82, 2.24) is 19.4 Å². The normalized spacial score (nSPS) is 27.9. The molecular formula is C24H35F3N6O3. The highest BCUT2D eigenvalue weighted by Gasteiger charge is 2.42. The zero-order chi connectivity index (χ0) is 26.1. The minimum atomic E-state index is -4.12. The number of β-amino-alcohol motifs (C(OH)–C–C–N with tert-alkyl or cyclic N) is 1. The summed E-state index contributed by atoms with van der Waals surface area (Å²) < 4.78 is 40.9. The molecule has 4 N–H and O–H groups in total. The average molecular weight is 513 g/mol. The van der Waals surface area contributed by atoms with Gasteiger partial charge in [-0.3, -0.25) is 9.69 Å². The Kier molecular flexibility index (Phi) is 7.77. The van der Waals surface area contributed by atoms with E-state index in [1.54, 1.807) is 15.7 Å². The molecule has 0 aromatic carbocycles. The van der Waals surface area contributed by atoms with E-state index < -0.39 is 29.7 Å². The summed E-state index contributed by atoms with van der Waals surface area (Å²) in [4.78, 5) is 23.9. The molecule has 1 unspecified atom stereocenters. The summed E-state index contributed by atoms with van der Waals surface area (Å²) in [7, 11) is 0. The molecule has 0 spiro atoms. The fraction of sp³-hybridized carbons (Fsp3) is 0.708. The summed E-state index contributed by atoms with van der Waals surface area (Å²) in [6.07, 6.45) is -0.268. The number of amides is 1. The summed E-state index contributed by atoms with van der Waals surface area (Å²) in [5.74, 6) is -0.810. The number of hydrogen-bond acceptors (Lipinski definition) is 7. The summed E-state index contributed by atoms with van der Waals surface area (Å²) in [5.41, 5.74) is 4.46. The van der Waals surface area contributed by atoms with Crippen molar-refractivity contribution in [3.8, 4) is 0 Å². The first kappa shape index (κ1) is 26.6. The number of nitrogens with zero attached hydrogens (tertiary/aromatic N) is 5. The summed E-state index contributed by atoms with van der Waals surface area (Å²) in [6.45, 7) is 3.97. The number of alkyl halides is 3. The molecule has 2 aromatic heterocycles. The summed E-state index contributed by atoms with van der Waals surface area (Å²) >= 11 is 0. The van der Waals surface area contributed by atoms with Crippen molar-refractivity contribution in [2.45, 2.75) is 63.5 Å². The maximum atomic E-state index is 13.0. The van der Waals surface area contributed by atoms with Crippen LogP contribution in [0.2, 0.25) is 0 Å². The predicted molar refractivity (Wildman–Crippen MR) is 128 cm³/mol. The molecule has 3 heterocycles. The molecule has 200 valence electrons. The molecule has 9 nitrogen and oxygen atoms in total. The van der Waals surface area contributed by atoms with E-state index in [-0.39, 0.29) is 44.8 Å². The SMILES string of the molecule is CCN(CC1CCC(C(F)(F)F)CC1)c1ncnc2c1ccn2CC1(O)CCN(CC(N)=O)C[C@H]1O. The lowest BCUT2D eigenvalue weighted by molar-refractivity contribution is -0.183. The van der Waals surface area contributed by atoms with Gasteiger partial charge in [-0.25, -0.2) is 9.97 Å². The van der Waals surface area contributed by atoms with E-state index in [0.717, 1.165) is 5.39 Å². The van der Waals surface area contributed by atoms with Gasteiger partial charge in [0.25, 0.3) is 0 Å². The number of aromatic nitrogens is 3. The smallest absolute Gasteiger partial charge is 0.389 e. The van der Waals surface area contributed by atoms with E-state index in [9.17, 15) is 28.2 Å². The maximum Gasteiger partial charge on any atom is 0.391 e. The first-order chi connectivity index (χ1) is 17.0. The Bertz CT molecular complexity index is 1060. The van der Waals surface area contributed by atoms with Crippen LogP contribution in [-0.2, 0) is 11.3 Å². The number of aliphatic hydroxyl groups is 2. The van der Waals surface area contributed by atoms with Crippen molar-refractivity contribution in [3.63, 3.8) is 0 Å². The van der Waals surface area contributed by atoms with Gasteiger partial charge in [-0.1, -0.05) is 0 Å². The van der Waals surface area contributed by atoms with Crippen LogP contribution < -0.4 is 10.6 Å². The van der Waals surface area contributed by atoms with Gasteiger partial charge in [0, 0.05) is 32.4 Å². The van der Waals surface area contributed by atoms with E-state index in [2.05, 4.69) is 14.9 Å². The van der Waals surface area contributed by atoms with E-state index in [4.69, 9.17) is 5.73 Å². The topological polar surface area (TPSA) is 121 Å². The molecule has 0 radical (unpaired) electrons. The van der Waals surface area contributed by atoms with Crippen LogP contribution in [0.15, 0.2) is 18.6 Å². The van der Waals surface area contributed by atoms with E-state index >= 15 is 0 Å². The Morgan fingerprint density at radius 1 is 1.28 bits per heavy atom. The zero-order valence-electron chi connectivity index (χ0n) is 20.5. The second kappa shape index (κ2) is 10.5. The monoisotopic (exact) mass is 512 g/mol. The Morgan fingerprint density at radius 3 is 2.61 bits per heavy atom. The van der Waals surface area contributed by atoms with Crippen LogP contribution in [0.1, 0.15) is 39.0 Å². The predicted octanol–water partition coefficient (Wildman–Crippen LogP) is 1.91. The molecular weight excluding hydrogens is 477 g/mol. The molecule has 2 aliphatic rings. The lowest BCUT2D eigenvalue weighted by atomic mass is 9.81. The number of primary amides is 1. The van der Waals surface area contributed by atoms with Crippen molar-refractivity contribution < 1.29 is 28.2 Å². The van der Waals surface area contributed by atoms with Gasteiger partial charge in [-0.2, -0.15) is 13.2 Å². The number of likely N-dealkylation sites (tertiary alicyclic amines) is 1. The molecule has 1 saturated heterocycles. The Balaban J connectivity index is 1.47. The van der Waals surface area contributed by atoms with E-state index in [0.29, 0.717) is 43.9 Å². The van der Waals surface area contributed by atoms with Gasteiger partial charge in [0.2, 0.25) is 5.91 Å². The van der Waals surface area contributed by atoms with Gasteiger partial charge in [0.1, 0.15) is 23.4 Å². The summed E-state index contributed by atoms with van der Waals surface area (Å²) in [5, 5.41) is 22.6. The van der Waals surface area contributed by atoms with Crippen molar-refractivity contribution >= 4 is 22.8 Å². The van der Waals surface area contributed by atoms with Gasteiger partial charge >= 0.3 is 6.18 Å². The molecule has 12 heteroatoms. The number of rotatable bonds is 8. The quantitative estimate of drug-likeness (QED) is 0.494. The van der Waals surface area contributed by atoms with Crippen molar-refractivity contribution in [2.75, 3.05) is 37.6 Å². The molecule has 1 aliphatic heterocycles. The standard InChI is InChI=1S/C24H35F3N6O3/c1-2-32(11-16-3-5-17(6-4-16)24(25,26)27)21-18-7-9-33(22(18)30-15-29-21)14-23(36)8-10-31(12-19(23)34)13-20(28)35/h7,9,15-17,19,34,36H,2-6,8,10-14H2,1H3,(H2,28,35)/t16?,17?,19-,23?/m1/s1. The highest BCUT2D eigenvalue weighted by atomic mass is 19.4. The lowest BCUT2D eigenvalue weighted by Crippen LogP contribution is -2.58. The number of piperidine rings is 1. The molecule has 2 fully saturated rings. The third kappa shape index (κ3) is 5.76. The summed E-state index contributed by atoms with van der Waals surface area (Å²) in [6, 6.07) is 1.87. The van der Waals surface area contributed by atoms with Crippen LogP contribution in [0.5, 0.6) is 0 Å². The maximum absolute atomic E-state index is 13.0. The van der Waals surface area contributed by atoms with Crippen LogP contribution in [-0.4, -0.2) is 86.2 Å². The third-order valence-electron chi connectivity index (χ3n) is 7.74. The number of halogens is 3. The molecule has 1 aliphatic carbocycles. The highest BCUT2D eigenvalue weighted by molar-refractivity contribution is 5.87. The van der Waals surface area contributed by atoms with Gasteiger partial charge < -0.3 is 25.4 Å². The van der Waals surface area contributed by atoms with Crippen molar-refractivity contribution in [2.24, 2.45) is 17.6 Å². The number of anilines is 1. The third-order valence-corrected chi connectivity index (χ3v) is 7.74. The Labute approximate surface area is 208 Å². The number of carbonyl (C=O) groups is 1. The van der Waals surface area contributed by atoms with E-state index in [1.807, 2.05) is 13.0 Å². The van der Waals surface area contributed by atoms with Gasteiger partial charge in [0.15, 0.2) is 0 Å². The number of carbonyl (C=O) groups excluding carboxylic acids is 1. The average Bonchev–Trinajstić information content (AvgIpc) is 3.22.